The number of aryl methyl sites for hydroxylation is 2. The topological polar surface area (TPSA) is 205 Å². The number of H-pyrrole nitrogens is 1. The number of hydrogen-bond acceptors (Lipinski definition) is 10. The number of halogens is 1. The zero-order valence-electron chi connectivity index (χ0n) is 29.6. The van der Waals surface area contributed by atoms with Crippen molar-refractivity contribution in [1.82, 2.24) is 40.4 Å². The van der Waals surface area contributed by atoms with Crippen molar-refractivity contribution in [3.05, 3.63) is 59.3 Å². The van der Waals surface area contributed by atoms with Gasteiger partial charge in [-0.15, -0.1) is 0 Å². The number of sulfonamides is 1. The van der Waals surface area contributed by atoms with Crippen molar-refractivity contribution in [2.75, 3.05) is 6.54 Å². The Morgan fingerprint density at radius 2 is 1.91 bits per heavy atom. The number of aromatic amines is 1. The number of nitrogens with one attached hydrogen (secondary N) is 4. The van der Waals surface area contributed by atoms with Gasteiger partial charge in [0.1, 0.15) is 40.9 Å². The minimum absolute atomic E-state index is 0.0125. The number of allylic oxidation sites excluding steroid dienone is 1. The summed E-state index contributed by atoms with van der Waals surface area (Å²) in [6.07, 6.45) is 7.62. The van der Waals surface area contributed by atoms with E-state index >= 15 is 0 Å². The maximum Gasteiger partial charge on any atom is 0.272 e. The first-order valence-corrected chi connectivity index (χ1v) is 19.7. The van der Waals surface area contributed by atoms with Gasteiger partial charge in [-0.2, -0.15) is 5.10 Å². The Kier molecular flexibility index (Phi) is 9.95. The summed E-state index contributed by atoms with van der Waals surface area (Å²) in [4.78, 5) is 66.3. The van der Waals surface area contributed by atoms with Gasteiger partial charge >= 0.3 is 0 Å². The summed E-state index contributed by atoms with van der Waals surface area (Å²) in [6.45, 7) is 3.54. The van der Waals surface area contributed by atoms with E-state index in [0.29, 0.717) is 55.4 Å². The van der Waals surface area contributed by atoms with Gasteiger partial charge in [0.2, 0.25) is 27.7 Å². The first-order chi connectivity index (χ1) is 25.4. The highest BCUT2D eigenvalue weighted by atomic mass is 32.2. The number of rotatable bonds is 8. The molecule has 2 saturated carbocycles. The largest absolute Gasteiger partial charge is 0.471 e. The lowest BCUT2D eigenvalue weighted by Gasteiger charge is -2.29. The van der Waals surface area contributed by atoms with E-state index in [-0.39, 0.29) is 36.5 Å². The molecule has 4 heterocycles. The van der Waals surface area contributed by atoms with E-state index in [2.05, 4.69) is 35.5 Å². The molecule has 17 heteroatoms. The van der Waals surface area contributed by atoms with Crippen molar-refractivity contribution >= 4 is 44.7 Å². The third-order valence-corrected chi connectivity index (χ3v) is 12.2. The lowest BCUT2D eigenvalue weighted by molar-refractivity contribution is -0.141. The Balaban J connectivity index is 1.20. The molecule has 3 aromatic rings. The molecule has 1 unspecified atom stereocenters. The van der Waals surface area contributed by atoms with Gasteiger partial charge < -0.3 is 20.3 Å². The molecule has 5 atom stereocenters. The first-order valence-electron chi connectivity index (χ1n) is 18.2. The third kappa shape index (κ3) is 7.75. The van der Waals surface area contributed by atoms with Crippen molar-refractivity contribution in [1.29, 1.82) is 0 Å². The third-order valence-electron chi connectivity index (χ3n) is 10.4. The van der Waals surface area contributed by atoms with Crippen molar-refractivity contribution in [3.8, 4) is 5.88 Å². The fourth-order valence-electron chi connectivity index (χ4n) is 7.14. The molecule has 1 aromatic carbocycles. The zero-order chi connectivity index (χ0) is 37.5. The lowest BCUT2D eigenvalue weighted by atomic mass is 10.0. The highest BCUT2D eigenvalue weighted by molar-refractivity contribution is 7.91. The number of fused-ring (bicyclic) bond motifs is 3. The van der Waals surface area contributed by atoms with Crippen LogP contribution in [0, 0.1) is 18.7 Å². The van der Waals surface area contributed by atoms with Crippen molar-refractivity contribution in [3.63, 3.8) is 0 Å². The van der Waals surface area contributed by atoms with Crippen molar-refractivity contribution in [2.45, 2.75) is 107 Å². The summed E-state index contributed by atoms with van der Waals surface area (Å²) in [6, 6.07) is 3.45. The predicted molar refractivity (Wildman–Crippen MR) is 189 cm³/mol. The van der Waals surface area contributed by atoms with Crippen molar-refractivity contribution in [2.24, 2.45) is 5.92 Å². The minimum atomic E-state index is -3.91. The molecular formula is C36H43FN8O7S. The first kappa shape index (κ1) is 36.4. The summed E-state index contributed by atoms with van der Waals surface area (Å²) >= 11 is 0. The van der Waals surface area contributed by atoms with E-state index in [1.807, 2.05) is 19.1 Å². The van der Waals surface area contributed by atoms with Gasteiger partial charge in [-0.1, -0.05) is 31.9 Å². The Hall–Kier alpha value is -4.93. The fourth-order valence-corrected chi connectivity index (χ4v) is 8.51. The van der Waals surface area contributed by atoms with Gasteiger partial charge in [0.05, 0.1) is 22.8 Å². The number of aromatic nitrogens is 4. The van der Waals surface area contributed by atoms with Crippen LogP contribution in [0.15, 0.2) is 36.4 Å². The van der Waals surface area contributed by atoms with Crippen molar-refractivity contribution < 1.29 is 36.7 Å². The van der Waals surface area contributed by atoms with Crippen LogP contribution in [-0.2, 0) is 30.8 Å². The number of carbonyl (C=O) groups is 4. The molecule has 282 valence electrons. The van der Waals surface area contributed by atoms with Crippen LogP contribution in [0.2, 0.25) is 0 Å². The molecule has 2 aromatic heterocycles. The van der Waals surface area contributed by atoms with Gasteiger partial charge in [0.25, 0.3) is 11.8 Å². The smallest absolute Gasteiger partial charge is 0.272 e. The summed E-state index contributed by atoms with van der Waals surface area (Å²) in [5.41, 5.74) is 0.509. The number of ether oxygens (including phenoxy) is 1. The molecule has 4 amide bonds. The summed E-state index contributed by atoms with van der Waals surface area (Å²) in [5.74, 6) is -3.36. The maximum absolute atomic E-state index is 14.5. The molecule has 2 aliphatic heterocycles. The Bertz CT molecular complexity index is 2090. The molecule has 1 saturated heterocycles. The average molecular weight is 751 g/mol. The SMILES string of the molecule is CCc1nc2ccc(F)cc2nc1O[C@@H]1C[C@H]2C(=O)N[C@]3(C(=O)NS(=O)(=O)C4CC4)CC3/C=C\CCCCC[C@H](NC(=O)c3cc(C)[nH]n3)C(=O)N2C1. The molecule has 15 nitrogen and oxygen atoms in total. The molecule has 2 aliphatic carbocycles. The van der Waals surface area contributed by atoms with E-state index in [1.54, 1.807) is 13.0 Å². The van der Waals surface area contributed by atoms with Crippen LogP contribution in [0.3, 0.4) is 0 Å². The molecule has 7 rings (SSSR count). The van der Waals surface area contributed by atoms with E-state index in [1.165, 1.54) is 23.1 Å². The second-order valence-electron chi connectivity index (χ2n) is 14.4. The van der Waals surface area contributed by atoms with Crippen LogP contribution in [0.5, 0.6) is 5.88 Å². The van der Waals surface area contributed by atoms with Crippen LogP contribution < -0.4 is 20.1 Å². The van der Waals surface area contributed by atoms with Crippen LogP contribution in [0.4, 0.5) is 4.39 Å². The molecular weight excluding hydrogens is 708 g/mol. The van der Waals surface area contributed by atoms with Gasteiger partial charge in [-0.05, 0) is 70.1 Å². The van der Waals surface area contributed by atoms with Gasteiger partial charge in [0, 0.05) is 24.1 Å². The van der Waals surface area contributed by atoms with E-state index in [4.69, 9.17) is 4.74 Å². The average Bonchev–Trinajstić information content (AvgIpc) is 4.01. The quantitative estimate of drug-likeness (QED) is 0.248. The van der Waals surface area contributed by atoms with E-state index < -0.39 is 74.4 Å². The molecule has 0 spiro atoms. The number of carbonyl (C=O) groups excluding carboxylic acids is 4. The second kappa shape index (κ2) is 14.5. The molecule has 3 fully saturated rings. The summed E-state index contributed by atoms with van der Waals surface area (Å²) < 4.78 is 48.3. The van der Waals surface area contributed by atoms with E-state index in [0.717, 1.165) is 12.8 Å². The summed E-state index contributed by atoms with van der Waals surface area (Å²) in [7, 11) is -3.91. The van der Waals surface area contributed by atoms with Crippen LogP contribution in [0.1, 0.15) is 86.6 Å². The monoisotopic (exact) mass is 750 g/mol. The van der Waals surface area contributed by atoms with E-state index in [9.17, 15) is 32.0 Å². The van der Waals surface area contributed by atoms with Gasteiger partial charge in [0.15, 0.2) is 0 Å². The molecule has 0 radical (unpaired) electrons. The van der Waals surface area contributed by atoms with Gasteiger partial charge in [-0.25, -0.2) is 22.8 Å². The normalized spacial score (nSPS) is 27.1. The molecule has 0 bridgehead atoms. The number of amides is 4. The van der Waals surface area contributed by atoms with Crippen LogP contribution in [-0.4, -0.2) is 92.6 Å². The molecule has 4 N–H and O–H groups in total. The fraction of sp³-hybridized carbons (Fsp3) is 0.528. The zero-order valence-corrected chi connectivity index (χ0v) is 30.4. The van der Waals surface area contributed by atoms with Crippen LogP contribution >= 0.6 is 0 Å². The lowest BCUT2D eigenvalue weighted by Crippen LogP contribution is -2.58. The maximum atomic E-state index is 14.5. The Morgan fingerprint density at radius 1 is 1.09 bits per heavy atom. The Labute approximate surface area is 306 Å². The minimum Gasteiger partial charge on any atom is -0.471 e. The molecule has 53 heavy (non-hydrogen) atoms. The van der Waals surface area contributed by atoms with Gasteiger partial charge in [-0.3, -0.25) is 29.0 Å². The second-order valence-corrected chi connectivity index (χ2v) is 16.4. The van der Waals surface area contributed by atoms with Crippen LogP contribution in [0.25, 0.3) is 11.0 Å². The number of hydrogen-bond donors (Lipinski definition) is 4. The standard InChI is InChI=1S/C36H43FN8O7S/c1-3-25-33(40-28-16-22(37)11-14-26(28)38-25)52-23-17-30-32(47)41-36(35(49)44-53(50,51)24-12-13-24)18-21(36)9-7-5-4-6-8-10-27(34(48)45(30)19-23)39-31(46)29-15-20(2)42-43-29/h7,9,11,14-16,21,23-24,27,30H,3-6,8,10,12-13,17-19H2,1-2H3,(H,39,46)(H,41,47)(H,42,43)(H,44,49)/b9-7-/t21?,23-,27+,30+,36-/m1/s1. The molecule has 4 aliphatic rings. The summed E-state index contributed by atoms with van der Waals surface area (Å²) in [5, 5.41) is 11.8. The number of nitrogens with zero attached hydrogens (tertiary/aromatic N) is 4. The highest BCUT2D eigenvalue weighted by Crippen LogP contribution is 2.46. The Morgan fingerprint density at radius 3 is 2.64 bits per heavy atom. The highest BCUT2D eigenvalue weighted by Gasteiger charge is 2.62. The predicted octanol–water partition coefficient (Wildman–Crippen LogP) is 2.51. The number of benzene rings is 1.